The highest BCUT2D eigenvalue weighted by molar-refractivity contribution is 5.92. The first-order valence-electron chi connectivity index (χ1n) is 7.88. The number of amides is 1. The van der Waals surface area contributed by atoms with Gasteiger partial charge in [-0.2, -0.15) is 0 Å². The summed E-state index contributed by atoms with van der Waals surface area (Å²) in [6.45, 7) is 7.15. The number of carbonyl (C=O) groups is 1. The van der Waals surface area contributed by atoms with E-state index in [9.17, 15) is 4.79 Å². The number of anilines is 1. The Labute approximate surface area is 133 Å². The maximum Gasteiger partial charge on any atom is 0.225 e. The molecule has 5 nitrogen and oxygen atoms in total. The van der Waals surface area contributed by atoms with Gasteiger partial charge in [-0.25, -0.2) is 0 Å². The molecule has 1 amide bonds. The van der Waals surface area contributed by atoms with Crippen LogP contribution in [0.2, 0.25) is 0 Å². The molecule has 0 saturated carbocycles. The molecule has 1 N–H and O–H groups in total. The van der Waals surface area contributed by atoms with Crippen molar-refractivity contribution in [2.24, 2.45) is 0 Å². The number of nitrogens with zero attached hydrogens (tertiary/aromatic N) is 1. The van der Waals surface area contributed by atoms with Gasteiger partial charge in [0.15, 0.2) is 0 Å². The molecule has 0 spiro atoms. The van der Waals surface area contributed by atoms with Crippen LogP contribution in [-0.4, -0.2) is 44.7 Å². The highest BCUT2D eigenvalue weighted by atomic mass is 16.5. The van der Waals surface area contributed by atoms with Crippen molar-refractivity contribution in [2.45, 2.75) is 33.1 Å². The van der Waals surface area contributed by atoms with Crippen molar-refractivity contribution in [3.63, 3.8) is 0 Å². The highest BCUT2D eigenvalue weighted by Crippen LogP contribution is 2.28. The fourth-order valence-electron chi connectivity index (χ4n) is 2.35. The summed E-state index contributed by atoms with van der Waals surface area (Å²) >= 11 is 0. The second-order valence-corrected chi connectivity index (χ2v) is 5.21. The van der Waals surface area contributed by atoms with E-state index in [-0.39, 0.29) is 5.91 Å². The Hall–Kier alpha value is -1.75. The Balaban J connectivity index is 2.60. The van der Waals surface area contributed by atoms with Crippen molar-refractivity contribution in [1.29, 1.82) is 0 Å². The molecule has 0 aliphatic rings. The van der Waals surface area contributed by atoms with Gasteiger partial charge in [0, 0.05) is 19.0 Å². The number of carbonyl (C=O) groups excluding carboxylic acids is 1. The molecular formula is C17H28N2O3. The minimum atomic E-state index is -0.0104. The van der Waals surface area contributed by atoms with Crippen LogP contribution in [0.5, 0.6) is 11.5 Å². The summed E-state index contributed by atoms with van der Waals surface area (Å²) in [7, 11) is 3.18. The number of hydrogen-bond donors (Lipinski definition) is 1. The lowest BCUT2D eigenvalue weighted by atomic mass is 10.2. The third-order valence-corrected chi connectivity index (χ3v) is 3.42. The minimum Gasteiger partial charge on any atom is -0.497 e. The van der Waals surface area contributed by atoms with Crippen molar-refractivity contribution >= 4 is 11.6 Å². The lowest BCUT2D eigenvalue weighted by Crippen LogP contribution is -2.29. The Morgan fingerprint density at radius 3 is 2.32 bits per heavy atom. The zero-order chi connectivity index (χ0) is 16.4. The van der Waals surface area contributed by atoms with Crippen LogP contribution in [0, 0.1) is 0 Å². The first kappa shape index (κ1) is 18.3. The average Bonchev–Trinajstić information content (AvgIpc) is 2.53. The van der Waals surface area contributed by atoms with Gasteiger partial charge < -0.3 is 19.7 Å². The third kappa shape index (κ3) is 5.93. The Bertz CT molecular complexity index is 457. The van der Waals surface area contributed by atoms with Crippen LogP contribution in [0.15, 0.2) is 18.2 Å². The summed E-state index contributed by atoms with van der Waals surface area (Å²) in [4.78, 5) is 14.5. The van der Waals surface area contributed by atoms with Gasteiger partial charge in [-0.15, -0.1) is 0 Å². The quantitative estimate of drug-likeness (QED) is 0.721. The van der Waals surface area contributed by atoms with E-state index in [0.717, 1.165) is 32.5 Å². The highest BCUT2D eigenvalue weighted by Gasteiger charge is 2.11. The van der Waals surface area contributed by atoms with Crippen LogP contribution in [-0.2, 0) is 4.79 Å². The van der Waals surface area contributed by atoms with Gasteiger partial charge >= 0.3 is 0 Å². The standard InChI is InChI=1S/C17H28N2O3/c1-5-10-19(11-6-2)12-9-17(20)18-15-13-14(21-3)7-8-16(15)22-4/h7-8,13H,5-6,9-12H2,1-4H3,(H,18,20). The summed E-state index contributed by atoms with van der Waals surface area (Å²) in [5.41, 5.74) is 0.643. The second-order valence-electron chi connectivity index (χ2n) is 5.21. The summed E-state index contributed by atoms with van der Waals surface area (Å²) in [5, 5.41) is 2.91. The topological polar surface area (TPSA) is 50.8 Å². The fourth-order valence-corrected chi connectivity index (χ4v) is 2.35. The molecule has 0 aromatic heterocycles. The summed E-state index contributed by atoms with van der Waals surface area (Å²) in [6, 6.07) is 5.36. The molecule has 0 aliphatic heterocycles. The van der Waals surface area contributed by atoms with Crippen LogP contribution >= 0.6 is 0 Å². The number of benzene rings is 1. The van der Waals surface area contributed by atoms with Crippen molar-refractivity contribution in [3.8, 4) is 11.5 Å². The lowest BCUT2D eigenvalue weighted by Gasteiger charge is -2.20. The van der Waals surface area contributed by atoms with Gasteiger partial charge in [0.05, 0.1) is 19.9 Å². The largest absolute Gasteiger partial charge is 0.497 e. The van der Waals surface area contributed by atoms with Gasteiger partial charge in [0.2, 0.25) is 5.91 Å². The van der Waals surface area contributed by atoms with Crippen LogP contribution < -0.4 is 14.8 Å². The van der Waals surface area contributed by atoms with Crippen LogP contribution in [0.25, 0.3) is 0 Å². The molecular weight excluding hydrogens is 280 g/mol. The predicted molar refractivity (Wildman–Crippen MR) is 89.8 cm³/mol. The van der Waals surface area contributed by atoms with Crippen LogP contribution in [0.4, 0.5) is 5.69 Å². The molecule has 0 atom stereocenters. The molecule has 0 aliphatic carbocycles. The monoisotopic (exact) mass is 308 g/mol. The molecule has 124 valence electrons. The molecule has 0 fully saturated rings. The first-order valence-corrected chi connectivity index (χ1v) is 7.88. The van der Waals surface area contributed by atoms with Crippen molar-refractivity contribution in [2.75, 3.05) is 39.2 Å². The molecule has 5 heteroatoms. The van der Waals surface area contributed by atoms with E-state index in [2.05, 4.69) is 24.1 Å². The maximum atomic E-state index is 12.2. The zero-order valence-electron chi connectivity index (χ0n) is 14.1. The number of methoxy groups -OCH3 is 2. The van der Waals surface area contributed by atoms with E-state index in [1.807, 2.05) is 0 Å². The number of nitrogens with one attached hydrogen (secondary N) is 1. The molecule has 1 rings (SSSR count). The summed E-state index contributed by atoms with van der Waals surface area (Å²) in [6.07, 6.45) is 2.68. The van der Waals surface area contributed by atoms with Gasteiger partial charge in [0.1, 0.15) is 11.5 Å². The van der Waals surface area contributed by atoms with E-state index in [0.29, 0.717) is 23.6 Å². The van der Waals surface area contributed by atoms with E-state index >= 15 is 0 Å². The summed E-state index contributed by atoms with van der Waals surface area (Å²) in [5.74, 6) is 1.31. The van der Waals surface area contributed by atoms with Crippen molar-refractivity contribution < 1.29 is 14.3 Å². The predicted octanol–water partition coefficient (Wildman–Crippen LogP) is 3.15. The second kappa shape index (κ2) is 10.1. The lowest BCUT2D eigenvalue weighted by molar-refractivity contribution is -0.116. The van der Waals surface area contributed by atoms with E-state index in [1.165, 1.54) is 0 Å². The Morgan fingerprint density at radius 1 is 1.09 bits per heavy atom. The van der Waals surface area contributed by atoms with Gasteiger partial charge in [-0.05, 0) is 38.1 Å². The smallest absolute Gasteiger partial charge is 0.225 e. The van der Waals surface area contributed by atoms with Gasteiger partial charge in [-0.1, -0.05) is 13.8 Å². The first-order chi connectivity index (χ1) is 10.6. The molecule has 22 heavy (non-hydrogen) atoms. The van der Waals surface area contributed by atoms with Crippen molar-refractivity contribution in [1.82, 2.24) is 4.90 Å². The summed E-state index contributed by atoms with van der Waals surface area (Å²) < 4.78 is 10.5. The molecule has 0 saturated heterocycles. The van der Waals surface area contributed by atoms with Crippen LogP contribution in [0.3, 0.4) is 0 Å². The number of ether oxygens (including phenoxy) is 2. The fraction of sp³-hybridized carbons (Fsp3) is 0.588. The van der Waals surface area contributed by atoms with E-state index in [4.69, 9.17) is 9.47 Å². The van der Waals surface area contributed by atoms with Gasteiger partial charge in [0.25, 0.3) is 0 Å². The SMILES string of the molecule is CCCN(CCC)CCC(=O)Nc1cc(OC)ccc1OC. The average molecular weight is 308 g/mol. The van der Waals surface area contributed by atoms with E-state index in [1.54, 1.807) is 32.4 Å². The van der Waals surface area contributed by atoms with Crippen LogP contribution in [0.1, 0.15) is 33.1 Å². The third-order valence-electron chi connectivity index (χ3n) is 3.42. The normalized spacial score (nSPS) is 10.6. The van der Waals surface area contributed by atoms with E-state index < -0.39 is 0 Å². The maximum absolute atomic E-state index is 12.2. The molecule has 1 aromatic rings. The van der Waals surface area contributed by atoms with Gasteiger partial charge in [-0.3, -0.25) is 4.79 Å². The zero-order valence-corrected chi connectivity index (χ0v) is 14.1. The number of rotatable bonds is 10. The molecule has 0 heterocycles. The van der Waals surface area contributed by atoms with Crippen molar-refractivity contribution in [3.05, 3.63) is 18.2 Å². The molecule has 1 aromatic carbocycles. The Morgan fingerprint density at radius 2 is 1.77 bits per heavy atom. The molecule has 0 bridgehead atoms. The Kier molecular flexibility index (Phi) is 8.36. The molecule has 0 unspecified atom stereocenters. The molecule has 0 radical (unpaired) electrons. The minimum absolute atomic E-state index is 0.0104. The number of hydrogen-bond acceptors (Lipinski definition) is 4.